The van der Waals surface area contributed by atoms with Crippen LogP contribution in [0.4, 0.5) is 5.69 Å². The van der Waals surface area contributed by atoms with E-state index in [1.165, 1.54) is 12.5 Å². The molecule has 0 bridgehead atoms. The highest BCUT2D eigenvalue weighted by Gasteiger charge is 2.08. The van der Waals surface area contributed by atoms with Crippen LogP contribution in [0.25, 0.3) is 17.5 Å². The number of aryl methyl sites for hydroxylation is 1. The van der Waals surface area contributed by atoms with E-state index in [9.17, 15) is 4.79 Å². The van der Waals surface area contributed by atoms with Crippen molar-refractivity contribution < 1.29 is 9.21 Å². The van der Waals surface area contributed by atoms with Crippen LogP contribution in [0.3, 0.4) is 0 Å². The number of amides is 1. The Morgan fingerprint density at radius 2 is 2.04 bits per heavy atom. The molecule has 0 saturated heterocycles. The summed E-state index contributed by atoms with van der Waals surface area (Å²) in [5.41, 5.74) is 3.74. The van der Waals surface area contributed by atoms with Crippen molar-refractivity contribution in [2.45, 2.75) is 6.92 Å². The second kappa shape index (κ2) is 7.23. The summed E-state index contributed by atoms with van der Waals surface area (Å²) in [6, 6.07) is 14.5. The van der Waals surface area contributed by atoms with E-state index in [0.29, 0.717) is 17.1 Å². The molecule has 1 aromatic heterocycles. The molecule has 3 aromatic rings. The fourth-order valence-corrected chi connectivity index (χ4v) is 2.20. The fraction of sp³-hybridized carbons (Fsp3) is 0.0526. The molecular weight excluding hydrogens is 316 g/mol. The number of benzene rings is 2. The van der Waals surface area contributed by atoms with Crippen molar-refractivity contribution in [2.75, 3.05) is 5.32 Å². The predicted molar refractivity (Wildman–Crippen MR) is 93.3 cm³/mol. The Morgan fingerprint density at radius 3 is 2.72 bits per heavy atom. The van der Waals surface area contributed by atoms with E-state index in [1.807, 2.05) is 19.1 Å². The Balaban J connectivity index is 1.73. The monoisotopic (exact) mass is 330 g/mol. The average Bonchev–Trinajstić information content (AvgIpc) is 3.17. The van der Waals surface area contributed by atoms with Crippen LogP contribution in [-0.2, 0) is 4.79 Å². The molecule has 0 radical (unpaired) electrons. The summed E-state index contributed by atoms with van der Waals surface area (Å²) in [4.78, 5) is 12.2. The van der Waals surface area contributed by atoms with Crippen LogP contribution in [0.2, 0.25) is 0 Å². The Bertz CT molecular complexity index is 952. The van der Waals surface area contributed by atoms with Gasteiger partial charge < -0.3 is 9.73 Å². The second-order valence-electron chi connectivity index (χ2n) is 5.33. The van der Waals surface area contributed by atoms with Gasteiger partial charge in [-0.3, -0.25) is 4.79 Å². The first kappa shape index (κ1) is 16.1. The summed E-state index contributed by atoms with van der Waals surface area (Å²) < 4.78 is 5.17. The zero-order valence-corrected chi connectivity index (χ0v) is 13.4. The molecule has 0 unspecified atom stereocenters. The first-order valence-electron chi connectivity index (χ1n) is 7.52. The molecule has 3 rings (SSSR count). The van der Waals surface area contributed by atoms with Gasteiger partial charge in [0.2, 0.25) is 18.2 Å². The lowest BCUT2D eigenvalue weighted by Gasteiger charge is -2.07. The number of nitrogens with one attached hydrogen (secondary N) is 1. The minimum Gasteiger partial charge on any atom is -0.423 e. The number of hydrogen-bond acceptors (Lipinski definition) is 5. The molecule has 0 spiro atoms. The normalized spacial score (nSPS) is 10.6. The number of hydrogen-bond donors (Lipinski definition) is 1. The Hall–Kier alpha value is -3.72. The summed E-state index contributed by atoms with van der Waals surface area (Å²) in [6.07, 6.45) is 4.39. The van der Waals surface area contributed by atoms with E-state index in [0.717, 1.165) is 16.7 Å². The van der Waals surface area contributed by atoms with Crippen molar-refractivity contribution in [3.8, 4) is 17.5 Å². The van der Waals surface area contributed by atoms with E-state index in [-0.39, 0.29) is 5.91 Å². The maximum absolute atomic E-state index is 12.2. The molecule has 0 atom stereocenters. The molecule has 0 aliphatic rings. The van der Waals surface area contributed by atoms with Gasteiger partial charge in [-0.05, 0) is 48.4 Å². The standard InChI is InChI=1S/C19H14N4O2/c1-13-2-8-16(19-23-21-12-25-19)10-17(13)22-18(24)9-7-14-3-5-15(11-20)6-4-14/h2-10,12H,1H3,(H,22,24)/b9-7-. The molecule has 1 amide bonds. The van der Waals surface area contributed by atoms with Gasteiger partial charge in [0.05, 0.1) is 11.6 Å². The van der Waals surface area contributed by atoms with Gasteiger partial charge in [-0.15, -0.1) is 10.2 Å². The van der Waals surface area contributed by atoms with Crippen molar-refractivity contribution in [1.82, 2.24) is 10.2 Å². The van der Waals surface area contributed by atoms with Crippen LogP contribution >= 0.6 is 0 Å². The van der Waals surface area contributed by atoms with Crippen LogP contribution in [0, 0.1) is 18.3 Å². The van der Waals surface area contributed by atoms with Crippen LogP contribution in [0.15, 0.2) is 59.4 Å². The SMILES string of the molecule is Cc1ccc(-c2nnco2)cc1NC(=O)/C=C\c1ccc(C#N)cc1. The van der Waals surface area contributed by atoms with E-state index >= 15 is 0 Å². The summed E-state index contributed by atoms with van der Waals surface area (Å²) in [6.45, 7) is 1.90. The van der Waals surface area contributed by atoms with Gasteiger partial charge in [-0.25, -0.2) is 0 Å². The fourth-order valence-electron chi connectivity index (χ4n) is 2.20. The van der Waals surface area contributed by atoms with Gasteiger partial charge in [0.1, 0.15) is 0 Å². The Morgan fingerprint density at radius 1 is 1.24 bits per heavy atom. The number of carbonyl (C=O) groups is 1. The smallest absolute Gasteiger partial charge is 0.248 e. The van der Waals surface area contributed by atoms with Gasteiger partial charge in [-0.1, -0.05) is 18.2 Å². The molecule has 0 aliphatic carbocycles. The molecule has 2 aromatic carbocycles. The quantitative estimate of drug-likeness (QED) is 0.738. The summed E-state index contributed by atoms with van der Waals surface area (Å²) in [5.74, 6) is 0.138. The van der Waals surface area contributed by atoms with Crippen molar-refractivity contribution in [2.24, 2.45) is 0 Å². The molecule has 0 fully saturated rings. The molecular formula is C19H14N4O2. The molecule has 0 saturated carbocycles. The maximum Gasteiger partial charge on any atom is 0.248 e. The molecule has 1 heterocycles. The van der Waals surface area contributed by atoms with Crippen molar-refractivity contribution in [1.29, 1.82) is 5.26 Å². The van der Waals surface area contributed by atoms with Gasteiger partial charge in [-0.2, -0.15) is 5.26 Å². The zero-order valence-electron chi connectivity index (χ0n) is 13.4. The highest BCUT2D eigenvalue weighted by Crippen LogP contribution is 2.23. The molecule has 6 nitrogen and oxygen atoms in total. The third kappa shape index (κ3) is 3.98. The highest BCUT2D eigenvalue weighted by molar-refractivity contribution is 6.02. The minimum absolute atomic E-state index is 0.255. The highest BCUT2D eigenvalue weighted by atomic mass is 16.4. The number of nitrogens with zero attached hydrogens (tertiary/aromatic N) is 3. The summed E-state index contributed by atoms with van der Waals surface area (Å²) in [7, 11) is 0. The largest absolute Gasteiger partial charge is 0.423 e. The first-order chi connectivity index (χ1) is 12.2. The van der Waals surface area contributed by atoms with Crippen molar-refractivity contribution in [3.63, 3.8) is 0 Å². The number of aromatic nitrogens is 2. The van der Waals surface area contributed by atoms with Gasteiger partial charge in [0.15, 0.2) is 0 Å². The summed E-state index contributed by atoms with van der Waals surface area (Å²) in [5, 5.41) is 19.1. The zero-order chi connectivity index (χ0) is 17.6. The van der Waals surface area contributed by atoms with Crippen molar-refractivity contribution in [3.05, 3.63) is 71.6 Å². The van der Waals surface area contributed by atoms with E-state index < -0.39 is 0 Å². The molecule has 6 heteroatoms. The molecule has 122 valence electrons. The lowest BCUT2D eigenvalue weighted by atomic mass is 10.1. The Labute approximate surface area is 144 Å². The average molecular weight is 330 g/mol. The molecule has 1 N–H and O–H groups in total. The maximum atomic E-state index is 12.2. The van der Waals surface area contributed by atoms with Crippen LogP contribution in [0.5, 0.6) is 0 Å². The minimum atomic E-state index is -0.255. The number of nitriles is 1. The lowest BCUT2D eigenvalue weighted by molar-refractivity contribution is -0.111. The number of carbonyl (C=O) groups excluding carboxylic acids is 1. The van der Waals surface area contributed by atoms with Crippen LogP contribution < -0.4 is 5.32 Å². The molecule has 0 aliphatic heterocycles. The summed E-state index contributed by atoms with van der Waals surface area (Å²) >= 11 is 0. The molecule has 25 heavy (non-hydrogen) atoms. The van der Waals surface area contributed by atoms with E-state index in [1.54, 1.807) is 36.4 Å². The van der Waals surface area contributed by atoms with Gasteiger partial charge >= 0.3 is 0 Å². The van der Waals surface area contributed by atoms with Crippen LogP contribution in [-0.4, -0.2) is 16.1 Å². The second-order valence-corrected chi connectivity index (χ2v) is 5.33. The number of rotatable bonds is 4. The third-order valence-corrected chi connectivity index (χ3v) is 3.57. The van der Waals surface area contributed by atoms with Gasteiger partial charge in [0.25, 0.3) is 0 Å². The predicted octanol–water partition coefficient (Wildman–Crippen LogP) is 3.57. The Kier molecular flexibility index (Phi) is 4.67. The third-order valence-electron chi connectivity index (χ3n) is 3.57. The lowest BCUT2D eigenvalue weighted by Crippen LogP contribution is -2.09. The van der Waals surface area contributed by atoms with Crippen LogP contribution in [0.1, 0.15) is 16.7 Å². The van der Waals surface area contributed by atoms with Crippen molar-refractivity contribution >= 4 is 17.7 Å². The first-order valence-corrected chi connectivity index (χ1v) is 7.52. The topological polar surface area (TPSA) is 91.8 Å². The van der Waals surface area contributed by atoms with E-state index in [4.69, 9.17) is 9.68 Å². The number of anilines is 1. The van der Waals surface area contributed by atoms with Gasteiger partial charge in [0, 0.05) is 17.3 Å². The van der Waals surface area contributed by atoms with E-state index in [2.05, 4.69) is 21.6 Å².